The normalized spacial score (nSPS) is 10.2. The van der Waals surface area contributed by atoms with E-state index in [9.17, 15) is 0 Å². The molecule has 1 aromatic carbocycles. The van der Waals surface area contributed by atoms with Crippen LogP contribution in [0.15, 0.2) is 24.3 Å². The largest absolute Gasteiger partial charge is 0.493 e. The zero-order valence-electron chi connectivity index (χ0n) is 10.9. The van der Waals surface area contributed by atoms with Gasteiger partial charge in [-0.1, -0.05) is 19.1 Å². The van der Waals surface area contributed by atoms with Gasteiger partial charge in [-0.2, -0.15) is 0 Å². The van der Waals surface area contributed by atoms with Crippen LogP contribution in [-0.4, -0.2) is 26.8 Å². The van der Waals surface area contributed by atoms with Crippen molar-refractivity contribution in [1.29, 1.82) is 0 Å². The highest BCUT2D eigenvalue weighted by Crippen LogP contribution is 2.25. The summed E-state index contributed by atoms with van der Waals surface area (Å²) in [4.78, 5) is 0. The van der Waals surface area contributed by atoms with Crippen LogP contribution >= 0.6 is 0 Å². The molecule has 0 amide bonds. The number of methoxy groups -OCH3 is 1. The summed E-state index contributed by atoms with van der Waals surface area (Å²) in [5, 5.41) is 3.31. The van der Waals surface area contributed by atoms with Gasteiger partial charge in [0.2, 0.25) is 0 Å². The summed E-state index contributed by atoms with van der Waals surface area (Å²) in [6.45, 7) is 5.04. The first-order chi connectivity index (χ1) is 8.38. The average molecular weight is 237 g/mol. The molecule has 0 saturated carbocycles. The minimum atomic E-state index is 0.756. The fraction of sp³-hybridized carbons (Fsp3) is 0.571. The molecule has 0 heterocycles. The SMILES string of the molecule is CCNCCCCCOc1ccccc1OC. The van der Waals surface area contributed by atoms with Gasteiger partial charge in [0.15, 0.2) is 11.5 Å². The molecule has 0 fully saturated rings. The standard InChI is InChI=1S/C14H23NO2/c1-3-15-11-7-4-8-12-17-14-10-6-5-9-13(14)16-2/h5-6,9-10,15H,3-4,7-8,11-12H2,1-2H3. The topological polar surface area (TPSA) is 30.5 Å². The van der Waals surface area contributed by atoms with Gasteiger partial charge in [-0.05, 0) is 44.5 Å². The summed E-state index contributed by atoms with van der Waals surface area (Å²) in [5.41, 5.74) is 0. The molecule has 0 aliphatic rings. The third kappa shape index (κ3) is 5.59. The molecule has 0 radical (unpaired) electrons. The molecule has 96 valence electrons. The van der Waals surface area contributed by atoms with E-state index in [1.165, 1.54) is 12.8 Å². The van der Waals surface area contributed by atoms with Crippen LogP contribution in [0.5, 0.6) is 11.5 Å². The molecule has 17 heavy (non-hydrogen) atoms. The average Bonchev–Trinajstić information content (AvgIpc) is 2.38. The van der Waals surface area contributed by atoms with E-state index in [2.05, 4.69) is 12.2 Å². The van der Waals surface area contributed by atoms with Crippen LogP contribution in [0.25, 0.3) is 0 Å². The van der Waals surface area contributed by atoms with Gasteiger partial charge in [-0.3, -0.25) is 0 Å². The quantitative estimate of drug-likeness (QED) is 0.670. The molecule has 1 N–H and O–H groups in total. The molecular formula is C14H23NO2. The number of benzene rings is 1. The zero-order chi connectivity index (χ0) is 12.3. The Labute approximate surface area is 104 Å². The van der Waals surface area contributed by atoms with E-state index < -0.39 is 0 Å². The van der Waals surface area contributed by atoms with Gasteiger partial charge in [0.1, 0.15) is 0 Å². The van der Waals surface area contributed by atoms with Crippen molar-refractivity contribution in [3.63, 3.8) is 0 Å². The third-order valence-electron chi connectivity index (χ3n) is 2.57. The fourth-order valence-corrected chi connectivity index (χ4v) is 1.63. The second-order valence-corrected chi connectivity index (χ2v) is 3.91. The lowest BCUT2D eigenvalue weighted by Crippen LogP contribution is -2.14. The van der Waals surface area contributed by atoms with Gasteiger partial charge in [0.25, 0.3) is 0 Å². The van der Waals surface area contributed by atoms with Crippen LogP contribution in [-0.2, 0) is 0 Å². The smallest absolute Gasteiger partial charge is 0.161 e. The molecule has 0 unspecified atom stereocenters. The Balaban J connectivity index is 2.13. The van der Waals surface area contributed by atoms with E-state index in [0.717, 1.165) is 37.6 Å². The number of ether oxygens (including phenoxy) is 2. The van der Waals surface area contributed by atoms with Crippen LogP contribution in [0.4, 0.5) is 0 Å². The molecule has 0 bridgehead atoms. The Morgan fingerprint density at radius 2 is 1.82 bits per heavy atom. The van der Waals surface area contributed by atoms with Crippen LogP contribution < -0.4 is 14.8 Å². The maximum atomic E-state index is 5.69. The molecule has 0 spiro atoms. The molecule has 0 aromatic heterocycles. The molecule has 3 heteroatoms. The first kappa shape index (κ1) is 13.8. The van der Waals surface area contributed by atoms with Crippen molar-refractivity contribution in [3.05, 3.63) is 24.3 Å². The minimum absolute atomic E-state index is 0.756. The lowest BCUT2D eigenvalue weighted by Gasteiger charge is -2.10. The van der Waals surface area contributed by atoms with Gasteiger partial charge >= 0.3 is 0 Å². The van der Waals surface area contributed by atoms with Gasteiger partial charge < -0.3 is 14.8 Å². The van der Waals surface area contributed by atoms with Crippen LogP contribution in [0, 0.1) is 0 Å². The van der Waals surface area contributed by atoms with Crippen molar-refractivity contribution < 1.29 is 9.47 Å². The van der Waals surface area contributed by atoms with Crippen molar-refractivity contribution in [2.24, 2.45) is 0 Å². The van der Waals surface area contributed by atoms with Gasteiger partial charge in [-0.25, -0.2) is 0 Å². The van der Waals surface area contributed by atoms with E-state index >= 15 is 0 Å². The summed E-state index contributed by atoms with van der Waals surface area (Å²) >= 11 is 0. The monoisotopic (exact) mass is 237 g/mol. The number of unbranched alkanes of at least 4 members (excludes halogenated alkanes) is 2. The van der Waals surface area contributed by atoms with E-state index in [1.807, 2.05) is 24.3 Å². The lowest BCUT2D eigenvalue weighted by atomic mass is 10.2. The summed E-state index contributed by atoms with van der Waals surface area (Å²) in [5.74, 6) is 1.64. The predicted molar refractivity (Wildman–Crippen MR) is 70.9 cm³/mol. The first-order valence-corrected chi connectivity index (χ1v) is 6.35. The summed E-state index contributed by atoms with van der Waals surface area (Å²) in [6, 6.07) is 7.77. The first-order valence-electron chi connectivity index (χ1n) is 6.35. The van der Waals surface area contributed by atoms with E-state index in [4.69, 9.17) is 9.47 Å². The van der Waals surface area contributed by atoms with Crippen molar-refractivity contribution in [1.82, 2.24) is 5.32 Å². The van der Waals surface area contributed by atoms with Crippen molar-refractivity contribution in [2.75, 3.05) is 26.8 Å². The highest BCUT2D eigenvalue weighted by molar-refractivity contribution is 5.39. The molecule has 1 rings (SSSR count). The number of rotatable bonds is 9. The second kappa shape index (κ2) is 8.88. The van der Waals surface area contributed by atoms with E-state index in [0.29, 0.717) is 0 Å². The Morgan fingerprint density at radius 1 is 1.06 bits per heavy atom. The molecule has 0 atom stereocenters. The summed E-state index contributed by atoms with van der Waals surface area (Å²) in [7, 11) is 1.67. The molecule has 0 aliphatic heterocycles. The predicted octanol–water partition coefficient (Wildman–Crippen LogP) is 2.85. The minimum Gasteiger partial charge on any atom is -0.493 e. The van der Waals surface area contributed by atoms with E-state index in [1.54, 1.807) is 7.11 Å². The number of hydrogen-bond acceptors (Lipinski definition) is 3. The van der Waals surface area contributed by atoms with E-state index in [-0.39, 0.29) is 0 Å². The Bertz CT molecular complexity index is 302. The lowest BCUT2D eigenvalue weighted by molar-refractivity contribution is 0.285. The molecule has 0 aliphatic carbocycles. The van der Waals surface area contributed by atoms with Crippen molar-refractivity contribution in [3.8, 4) is 11.5 Å². The number of hydrogen-bond donors (Lipinski definition) is 1. The molecular weight excluding hydrogens is 214 g/mol. The molecule has 3 nitrogen and oxygen atoms in total. The van der Waals surface area contributed by atoms with Crippen LogP contribution in [0.1, 0.15) is 26.2 Å². The molecule has 1 aromatic rings. The number of para-hydroxylation sites is 2. The zero-order valence-corrected chi connectivity index (χ0v) is 10.9. The highest BCUT2D eigenvalue weighted by atomic mass is 16.5. The maximum Gasteiger partial charge on any atom is 0.161 e. The summed E-state index contributed by atoms with van der Waals surface area (Å²) in [6.07, 6.45) is 3.49. The highest BCUT2D eigenvalue weighted by Gasteiger charge is 2.01. The Hall–Kier alpha value is -1.22. The van der Waals surface area contributed by atoms with Gasteiger partial charge in [0.05, 0.1) is 13.7 Å². The number of nitrogens with one attached hydrogen (secondary N) is 1. The van der Waals surface area contributed by atoms with Crippen LogP contribution in [0.2, 0.25) is 0 Å². The fourth-order valence-electron chi connectivity index (χ4n) is 1.63. The van der Waals surface area contributed by atoms with Crippen LogP contribution in [0.3, 0.4) is 0 Å². The molecule has 0 saturated heterocycles. The Kier molecular flexibility index (Phi) is 7.23. The second-order valence-electron chi connectivity index (χ2n) is 3.91. The Morgan fingerprint density at radius 3 is 2.53 bits per heavy atom. The van der Waals surface area contributed by atoms with Gasteiger partial charge in [-0.15, -0.1) is 0 Å². The third-order valence-corrected chi connectivity index (χ3v) is 2.57. The maximum absolute atomic E-state index is 5.69. The summed E-state index contributed by atoms with van der Waals surface area (Å²) < 4.78 is 10.9. The van der Waals surface area contributed by atoms with Crippen molar-refractivity contribution >= 4 is 0 Å². The van der Waals surface area contributed by atoms with Gasteiger partial charge in [0, 0.05) is 0 Å². The van der Waals surface area contributed by atoms with Crippen molar-refractivity contribution in [2.45, 2.75) is 26.2 Å².